The molecule has 1 heterocycles. The molecule has 0 unspecified atom stereocenters. The molecule has 0 bridgehead atoms. The zero-order valence-corrected chi connectivity index (χ0v) is 9.64. The van der Waals surface area contributed by atoms with E-state index in [0.29, 0.717) is 18.0 Å². The molecule has 0 aliphatic carbocycles. The van der Waals surface area contributed by atoms with Gasteiger partial charge >= 0.3 is 0 Å². The smallest absolute Gasteiger partial charge is 0.0793 e. The monoisotopic (exact) mass is 226 g/mol. The Balaban J connectivity index is 1.82. The van der Waals surface area contributed by atoms with Crippen molar-refractivity contribution in [2.45, 2.75) is 18.0 Å². The van der Waals surface area contributed by atoms with Gasteiger partial charge in [0.2, 0.25) is 0 Å². The van der Waals surface area contributed by atoms with Crippen LogP contribution in [0.4, 0.5) is 0 Å². The molecule has 1 aromatic carbocycles. The first-order valence-electron chi connectivity index (χ1n) is 4.77. The number of ether oxygens (including phenoxy) is 1. The second-order valence-electron chi connectivity index (χ2n) is 3.44. The Morgan fingerprint density at radius 2 is 2.07 bits per heavy atom. The average molecular weight is 226 g/mol. The molecule has 2 atom stereocenters. The molecule has 0 amide bonds. The van der Waals surface area contributed by atoms with E-state index in [2.05, 4.69) is 24.8 Å². The summed E-state index contributed by atoms with van der Waals surface area (Å²) in [5.41, 5.74) is 1.24. The van der Waals surface area contributed by atoms with E-state index in [1.807, 2.05) is 30.0 Å². The van der Waals surface area contributed by atoms with Gasteiger partial charge in [-0.05, 0) is 5.56 Å². The lowest BCUT2D eigenvalue weighted by molar-refractivity contribution is 0.0620. The molecule has 1 saturated heterocycles. The molecule has 76 valence electrons. The van der Waals surface area contributed by atoms with Crippen LogP contribution in [0.15, 0.2) is 30.3 Å². The molecule has 0 N–H and O–H groups in total. The van der Waals surface area contributed by atoms with Gasteiger partial charge in [-0.2, -0.15) is 24.4 Å². The summed E-state index contributed by atoms with van der Waals surface area (Å²) in [6.07, 6.45) is 0.323. The van der Waals surface area contributed by atoms with Crippen LogP contribution in [0.3, 0.4) is 0 Å². The summed E-state index contributed by atoms with van der Waals surface area (Å²) in [4.78, 5) is 0. The zero-order valence-electron chi connectivity index (χ0n) is 7.93. The van der Waals surface area contributed by atoms with E-state index in [0.717, 1.165) is 11.5 Å². The molecule has 2 rings (SSSR count). The van der Waals surface area contributed by atoms with Crippen LogP contribution in [-0.4, -0.2) is 22.9 Å². The summed E-state index contributed by atoms with van der Waals surface area (Å²) in [6, 6.07) is 10.3. The fourth-order valence-corrected chi connectivity index (χ4v) is 3.26. The van der Waals surface area contributed by atoms with Crippen molar-refractivity contribution in [3.8, 4) is 0 Å². The summed E-state index contributed by atoms with van der Waals surface area (Å²) in [5.74, 6) is 2.20. The third-order valence-corrected chi connectivity index (χ3v) is 4.23. The Labute approximate surface area is 94.6 Å². The van der Waals surface area contributed by atoms with Crippen molar-refractivity contribution in [2.24, 2.45) is 0 Å². The number of thiol groups is 1. The molecule has 1 aliphatic rings. The highest BCUT2D eigenvalue weighted by atomic mass is 32.2. The first-order valence-corrected chi connectivity index (χ1v) is 6.45. The minimum Gasteiger partial charge on any atom is -0.372 e. The first-order chi connectivity index (χ1) is 6.86. The molecule has 1 fully saturated rings. The third kappa shape index (κ3) is 2.69. The first kappa shape index (κ1) is 10.4. The number of rotatable bonds is 3. The summed E-state index contributed by atoms with van der Waals surface area (Å²) in [7, 11) is 0. The van der Waals surface area contributed by atoms with Gasteiger partial charge in [-0.15, -0.1) is 0 Å². The van der Waals surface area contributed by atoms with Gasteiger partial charge in [0.05, 0.1) is 12.7 Å². The van der Waals surface area contributed by atoms with Gasteiger partial charge in [0.15, 0.2) is 0 Å². The lowest BCUT2D eigenvalue weighted by Crippen LogP contribution is -2.22. The number of hydrogen-bond donors (Lipinski definition) is 1. The van der Waals surface area contributed by atoms with Crippen molar-refractivity contribution in [2.75, 3.05) is 11.5 Å². The quantitative estimate of drug-likeness (QED) is 0.793. The highest BCUT2D eigenvalue weighted by molar-refractivity contribution is 8.00. The van der Waals surface area contributed by atoms with E-state index in [1.54, 1.807) is 0 Å². The Morgan fingerprint density at radius 1 is 1.29 bits per heavy atom. The van der Waals surface area contributed by atoms with Gasteiger partial charge < -0.3 is 4.74 Å². The Bertz CT molecular complexity index is 276. The van der Waals surface area contributed by atoms with Crippen molar-refractivity contribution in [1.29, 1.82) is 0 Å². The second-order valence-corrected chi connectivity index (χ2v) is 5.18. The van der Waals surface area contributed by atoms with E-state index in [1.165, 1.54) is 5.56 Å². The molecule has 14 heavy (non-hydrogen) atoms. The van der Waals surface area contributed by atoms with Crippen LogP contribution in [0.25, 0.3) is 0 Å². The molecular weight excluding hydrogens is 212 g/mol. The Hall–Kier alpha value is -0.120. The summed E-state index contributed by atoms with van der Waals surface area (Å²) in [6.45, 7) is 0.711. The molecule has 0 aromatic heterocycles. The molecule has 1 aromatic rings. The highest BCUT2D eigenvalue weighted by Crippen LogP contribution is 2.25. The van der Waals surface area contributed by atoms with Crippen LogP contribution in [0.1, 0.15) is 5.56 Å². The zero-order chi connectivity index (χ0) is 9.80. The molecular formula is C11H14OS2. The van der Waals surface area contributed by atoms with Crippen molar-refractivity contribution >= 4 is 24.4 Å². The predicted octanol–water partition coefficient (Wildman–Crippen LogP) is 2.62. The van der Waals surface area contributed by atoms with Crippen LogP contribution >= 0.6 is 24.4 Å². The van der Waals surface area contributed by atoms with E-state index < -0.39 is 0 Å². The van der Waals surface area contributed by atoms with Crippen molar-refractivity contribution in [3.63, 3.8) is 0 Å². The topological polar surface area (TPSA) is 9.23 Å². The lowest BCUT2D eigenvalue weighted by atomic mass is 10.2. The van der Waals surface area contributed by atoms with Crippen LogP contribution < -0.4 is 0 Å². The summed E-state index contributed by atoms with van der Waals surface area (Å²) < 4.78 is 5.80. The fourth-order valence-electron chi connectivity index (χ4n) is 1.46. The lowest BCUT2D eigenvalue weighted by Gasteiger charge is -2.14. The predicted molar refractivity (Wildman–Crippen MR) is 65.1 cm³/mol. The van der Waals surface area contributed by atoms with Gasteiger partial charge in [-0.1, -0.05) is 30.3 Å². The number of hydrogen-bond acceptors (Lipinski definition) is 3. The molecule has 0 radical (unpaired) electrons. The van der Waals surface area contributed by atoms with Gasteiger partial charge in [0.1, 0.15) is 0 Å². The third-order valence-electron chi connectivity index (χ3n) is 2.31. The molecule has 1 nitrogen and oxygen atoms in total. The SMILES string of the molecule is S[C@H]1CSC[C@H]1OCc1ccccc1. The fraction of sp³-hybridized carbons (Fsp3) is 0.455. The van der Waals surface area contributed by atoms with Crippen molar-refractivity contribution in [1.82, 2.24) is 0 Å². The van der Waals surface area contributed by atoms with E-state index >= 15 is 0 Å². The maximum Gasteiger partial charge on any atom is 0.0793 e. The second kappa shape index (κ2) is 5.10. The molecule has 0 spiro atoms. The summed E-state index contributed by atoms with van der Waals surface area (Å²) >= 11 is 6.41. The van der Waals surface area contributed by atoms with Crippen LogP contribution in [0.2, 0.25) is 0 Å². The van der Waals surface area contributed by atoms with Gasteiger partial charge in [0, 0.05) is 16.8 Å². The highest BCUT2D eigenvalue weighted by Gasteiger charge is 2.25. The Kier molecular flexibility index (Phi) is 3.79. The molecule has 3 heteroatoms. The summed E-state index contributed by atoms with van der Waals surface area (Å²) in [5, 5.41) is 0.406. The normalized spacial score (nSPS) is 26.6. The van der Waals surface area contributed by atoms with E-state index in [-0.39, 0.29) is 0 Å². The van der Waals surface area contributed by atoms with Gasteiger partial charge in [-0.25, -0.2) is 0 Å². The van der Waals surface area contributed by atoms with Crippen molar-refractivity contribution in [3.05, 3.63) is 35.9 Å². The minimum atomic E-state index is 0.323. The minimum absolute atomic E-state index is 0.323. The van der Waals surface area contributed by atoms with E-state index in [9.17, 15) is 0 Å². The van der Waals surface area contributed by atoms with Crippen molar-refractivity contribution < 1.29 is 4.74 Å². The molecule has 1 aliphatic heterocycles. The largest absolute Gasteiger partial charge is 0.372 e. The van der Waals surface area contributed by atoms with Crippen LogP contribution in [0, 0.1) is 0 Å². The van der Waals surface area contributed by atoms with Gasteiger partial charge in [0.25, 0.3) is 0 Å². The number of thioether (sulfide) groups is 1. The Morgan fingerprint density at radius 3 is 2.71 bits per heavy atom. The van der Waals surface area contributed by atoms with Crippen LogP contribution in [-0.2, 0) is 11.3 Å². The molecule has 0 saturated carbocycles. The number of benzene rings is 1. The standard InChI is InChI=1S/C11H14OS2/c13-11-8-14-7-10(11)12-6-9-4-2-1-3-5-9/h1-5,10-11,13H,6-8H2/t10-,11+/m1/s1. The van der Waals surface area contributed by atoms with E-state index in [4.69, 9.17) is 4.74 Å². The maximum absolute atomic E-state index is 5.80. The van der Waals surface area contributed by atoms with Gasteiger partial charge in [-0.3, -0.25) is 0 Å². The average Bonchev–Trinajstić information content (AvgIpc) is 2.63. The van der Waals surface area contributed by atoms with Crippen LogP contribution in [0.5, 0.6) is 0 Å². The maximum atomic E-state index is 5.80.